The van der Waals surface area contributed by atoms with Gasteiger partial charge in [-0.05, 0) is 0 Å². The molecule has 0 unspecified atom stereocenters. The van der Waals surface area contributed by atoms with Gasteiger partial charge in [-0.2, -0.15) is 0 Å². The van der Waals surface area contributed by atoms with Crippen molar-refractivity contribution in [3.05, 3.63) is 0 Å². The maximum Gasteiger partial charge on any atom is 0.618 e. The average molecular weight is 248 g/mol. The minimum Gasteiger partial charge on any atom is -0.412 e. The van der Waals surface area contributed by atoms with Gasteiger partial charge in [0.25, 0.3) is 0 Å². The van der Waals surface area contributed by atoms with E-state index < -0.39 is 18.2 Å². The Morgan fingerprint density at radius 2 is 0.545 bits per heavy atom. The number of rotatable bonds is 0. The maximum absolute atomic E-state index is 4.90. The summed E-state index contributed by atoms with van der Waals surface area (Å²) in [5, 5.41) is 0. The third kappa shape index (κ3) is 341. The van der Waals surface area contributed by atoms with E-state index in [1.807, 2.05) is 0 Å². The number of hydrogen-bond donors (Lipinski definition) is 0. The van der Waals surface area contributed by atoms with E-state index in [1.165, 1.54) is 0 Å². The van der Waals surface area contributed by atoms with Crippen molar-refractivity contribution in [3.63, 3.8) is 0 Å². The summed E-state index contributed by atoms with van der Waals surface area (Å²) in [6.45, 7) is 0. The molecule has 14 N–H and O–H groups in total. The Labute approximate surface area is 97.0 Å². The zero-order valence-corrected chi connectivity index (χ0v) is 7.89. The van der Waals surface area contributed by atoms with Crippen LogP contribution in [-0.2, 0) is 0 Å². The van der Waals surface area contributed by atoms with Crippen LogP contribution in [0.3, 0.4) is 0 Å². The summed E-state index contributed by atoms with van der Waals surface area (Å²) in [7, 11) is 9.81. The third-order valence-electron chi connectivity index (χ3n) is 0. The summed E-state index contributed by atoms with van der Waals surface area (Å²) in [4.78, 5) is 0. The summed E-state index contributed by atoms with van der Waals surface area (Å²) in [5.74, 6) is 0. The lowest BCUT2D eigenvalue weighted by molar-refractivity contribution is 0.823. The molecule has 0 saturated heterocycles. The first-order chi connectivity index (χ1) is 1.41. The lowest BCUT2D eigenvalue weighted by Gasteiger charge is -1.33. The van der Waals surface area contributed by atoms with Crippen molar-refractivity contribution in [1.29, 1.82) is 0 Å². The SMILES string of the molecule is O.O.O.O.O.O.O.[Cl][Mg][Cl].[MgH2]. The van der Waals surface area contributed by atoms with Crippen LogP contribution in [0.15, 0.2) is 0 Å². The van der Waals surface area contributed by atoms with Crippen LogP contribution in [0.4, 0.5) is 0 Å². The molecule has 0 saturated carbocycles. The summed E-state index contributed by atoms with van der Waals surface area (Å²) in [6.07, 6.45) is 0. The molecule has 0 atom stereocenters. The van der Waals surface area contributed by atoms with Crippen molar-refractivity contribution in [2.75, 3.05) is 0 Å². The van der Waals surface area contributed by atoms with Gasteiger partial charge in [0.05, 0.1) is 0 Å². The van der Waals surface area contributed by atoms with E-state index in [4.69, 9.17) is 18.1 Å². The fourth-order valence-electron chi connectivity index (χ4n) is 0. The Morgan fingerprint density at radius 1 is 0.545 bits per heavy atom. The first-order valence-electron chi connectivity index (χ1n) is 0.535. The molecule has 0 heterocycles. The van der Waals surface area contributed by atoms with Gasteiger partial charge in [-0.25, -0.2) is 0 Å². The largest absolute Gasteiger partial charge is 0.618 e. The quantitative estimate of drug-likeness (QED) is 0.365. The molecule has 0 aliphatic rings. The Balaban J connectivity index is -0.000000000714. The van der Waals surface area contributed by atoms with Gasteiger partial charge >= 0.3 is 41.2 Å². The van der Waals surface area contributed by atoms with Gasteiger partial charge in [-0.1, -0.05) is 0 Å². The second kappa shape index (κ2) is 173. The molecule has 0 amide bonds. The molecule has 0 bridgehead atoms. The van der Waals surface area contributed by atoms with E-state index in [9.17, 15) is 0 Å². The zero-order valence-electron chi connectivity index (χ0n) is 4.96. The van der Waals surface area contributed by atoms with Crippen LogP contribution >= 0.6 is 18.1 Å². The van der Waals surface area contributed by atoms with Gasteiger partial charge < -0.3 is 56.5 Å². The van der Waals surface area contributed by atoms with Gasteiger partial charge in [0.15, 0.2) is 0 Å². The molecule has 76 valence electrons. The molecule has 0 spiro atoms. The molecule has 0 aromatic carbocycles. The van der Waals surface area contributed by atoms with Crippen molar-refractivity contribution in [3.8, 4) is 0 Å². The van der Waals surface area contributed by atoms with Crippen molar-refractivity contribution >= 4 is 59.4 Å². The van der Waals surface area contributed by atoms with E-state index in [0.717, 1.165) is 0 Å². The fourth-order valence-corrected chi connectivity index (χ4v) is 0. The smallest absolute Gasteiger partial charge is 0.412 e. The van der Waals surface area contributed by atoms with E-state index in [-0.39, 0.29) is 61.4 Å². The average Bonchev–Trinajstić information content (AvgIpc) is 0.918. The van der Waals surface area contributed by atoms with Gasteiger partial charge in [-0.3, -0.25) is 0 Å². The molecule has 0 radical (unpaired) electrons. The van der Waals surface area contributed by atoms with Crippen molar-refractivity contribution in [1.82, 2.24) is 0 Å². The summed E-state index contributed by atoms with van der Waals surface area (Å²) in [6, 6.07) is 0. The number of halogens is 2. The van der Waals surface area contributed by atoms with Crippen LogP contribution in [0.5, 0.6) is 0 Å². The van der Waals surface area contributed by atoms with Crippen LogP contribution < -0.4 is 0 Å². The van der Waals surface area contributed by atoms with Crippen molar-refractivity contribution < 1.29 is 38.3 Å². The molecule has 11 heteroatoms. The van der Waals surface area contributed by atoms with E-state index in [2.05, 4.69) is 0 Å². The predicted molar refractivity (Wildman–Crippen MR) is 51.3 cm³/mol. The molecule has 11 heavy (non-hydrogen) atoms. The molecule has 0 rings (SSSR count). The molecule has 0 aliphatic heterocycles. The minimum atomic E-state index is -0.639. The number of hydrogen-bond acceptors (Lipinski definition) is 0. The van der Waals surface area contributed by atoms with Crippen molar-refractivity contribution in [2.45, 2.75) is 0 Å². The third-order valence-corrected chi connectivity index (χ3v) is 0. The molecule has 0 aromatic heterocycles. The highest BCUT2D eigenvalue weighted by Crippen LogP contribution is 1.67. The lowest BCUT2D eigenvalue weighted by Crippen LogP contribution is -1.36. The highest BCUT2D eigenvalue weighted by atomic mass is 35.6. The molecule has 0 aliphatic carbocycles. The van der Waals surface area contributed by atoms with Crippen molar-refractivity contribution in [2.24, 2.45) is 0 Å². The maximum atomic E-state index is 4.90. The van der Waals surface area contributed by atoms with E-state index in [1.54, 1.807) is 0 Å². The molecule has 7 nitrogen and oxygen atoms in total. The van der Waals surface area contributed by atoms with Gasteiger partial charge in [0.2, 0.25) is 0 Å². The van der Waals surface area contributed by atoms with Crippen LogP contribution in [-0.4, -0.2) is 79.5 Å². The fraction of sp³-hybridized carbons (Fsp3) is 0. The Bertz CT molecular complexity index is 14.4. The summed E-state index contributed by atoms with van der Waals surface area (Å²) < 4.78 is 0. The molecular weight excluding hydrogens is 232 g/mol. The Morgan fingerprint density at radius 3 is 0.545 bits per heavy atom. The topological polar surface area (TPSA) is 220 Å². The zero-order chi connectivity index (χ0) is 2.71. The highest BCUT2D eigenvalue weighted by Gasteiger charge is 1.64. The van der Waals surface area contributed by atoms with E-state index in [0.29, 0.717) is 0 Å². The van der Waals surface area contributed by atoms with Gasteiger partial charge in [-0.15, -0.1) is 0 Å². The second-order valence-corrected chi connectivity index (χ2v) is 2.73. The standard InChI is InChI=1S/2ClH.2Mg.7H2O.2H/h2*1H;;;7*1H2;;/q;;;+2;;;;;;;;;/p-2. The lowest BCUT2D eigenvalue weighted by atomic mass is 16.0. The minimum absolute atomic E-state index is 0. The first kappa shape index (κ1) is 122. The van der Waals surface area contributed by atoms with Crippen LogP contribution in [0.25, 0.3) is 0 Å². The molecule has 0 fully saturated rings. The van der Waals surface area contributed by atoms with Crippen LogP contribution in [0.2, 0.25) is 0 Å². The monoisotopic (exact) mass is 246 g/mol. The second-order valence-electron chi connectivity index (χ2n) is 0.101. The van der Waals surface area contributed by atoms with Gasteiger partial charge in [0, 0.05) is 0 Å². The molecule has 0 aromatic rings. The van der Waals surface area contributed by atoms with Gasteiger partial charge in [0.1, 0.15) is 0 Å². The summed E-state index contributed by atoms with van der Waals surface area (Å²) in [5.41, 5.74) is 0. The Kier molecular flexibility index (Phi) is 1920. The van der Waals surface area contributed by atoms with E-state index >= 15 is 0 Å². The van der Waals surface area contributed by atoms with Crippen LogP contribution in [0.1, 0.15) is 0 Å². The van der Waals surface area contributed by atoms with Crippen LogP contribution in [0, 0.1) is 0 Å². The molecular formula is H16Cl2Mg2O7. The predicted octanol–water partition coefficient (Wildman–Crippen LogP) is -5.69. The highest BCUT2D eigenvalue weighted by molar-refractivity contribution is 7.22. The Hall–Kier alpha value is 1.83. The summed E-state index contributed by atoms with van der Waals surface area (Å²) >= 11 is -0.639. The normalized spacial score (nSPS) is 0.909. The first-order valence-corrected chi connectivity index (χ1v) is 4.81.